The summed E-state index contributed by atoms with van der Waals surface area (Å²) >= 11 is 0. The van der Waals surface area contributed by atoms with Crippen LogP contribution in [0.3, 0.4) is 0 Å². The molecule has 0 fully saturated rings. The Kier molecular flexibility index (Phi) is 4.94. The summed E-state index contributed by atoms with van der Waals surface area (Å²) in [5.41, 5.74) is 7.37. The Balaban J connectivity index is 2.04. The van der Waals surface area contributed by atoms with Crippen LogP contribution in [0.15, 0.2) is 91.0 Å². The maximum Gasteiger partial charge on any atom is 0.162 e. The topological polar surface area (TPSA) is 22.0 Å². The molecule has 0 radical (unpaired) electrons. The van der Waals surface area contributed by atoms with Crippen LogP contribution in [0.25, 0.3) is 16.8 Å². The normalized spacial score (nSPS) is 10.8. The predicted molar refractivity (Wildman–Crippen MR) is 115 cm³/mol. The lowest BCUT2D eigenvalue weighted by molar-refractivity contribution is 0.101. The smallest absolute Gasteiger partial charge is 0.162 e. The fourth-order valence-corrected chi connectivity index (χ4v) is 3.98. The van der Waals surface area contributed by atoms with Crippen LogP contribution < -0.4 is 0 Å². The minimum Gasteiger partial charge on any atom is -0.316 e. The molecule has 4 rings (SSSR count). The summed E-state index contributed by atoms with van der Waals surface area (Å²) in [7, 11) is 0. The molecule has 0 aliphatic rings. The Morgan fingerprint density at radius 3 is 1.89 bits per heavy atom. The molecule has 0 unspecified atom stereocenters. The van der Waals surface area contributed by atoms with Crippen molar-refractivity contribution in [1.82, 2.24) is 4.57 Å². The van der Waals surface area contributed by atoms with Gasteiger partial charge in [0.05, 0.1) is 0 Å². The van der Waals surface area contributed by atoms with Crippen LogP contribution in [0.5, 0.6) is 0 Å². The summed E-state index contributed by atoms with van der Waals surface area (Å²) in [6, 6.07) is 31.0. The van der Waals surface area contributed by atoms with Gasteiger partial charge in [0.1, 0.15) is 0 Å². The second kappa shape index (κ2) is 7.69. The van der Waals surface area contributed by atoms with Crippen LogP contribution in [0.4, 0.5) is 0 Å². The van der Waals surface area contributed by atoms with Crippen molar-refractivity contribution in [3.63, 3.8) is 0 Å². The number of hydrogen-bond acceptors (Lipinski definition) is 1. The Bertz CT molecular complexity index is 1090. The number of aromatic nitrogens is 1. The van der Waals surface area contributed by atoms with Crippen LogP contribution in [-0.2, 0) is 6.42 Å². The van der Waals surface area contributed by atoms with Crippen molar-refractivity contribution >= 4 is 5.78 Å². The minimum absolute atomic E-state index is 0.0975. The lowest BCUT2D eigenvalue weighted by Gasteiger charge is -2.14. The number of carbonyl (C=O) groups excluding carboxylic acids is 1. The van der Waals surface area contributed by atoms with E-state index < -0.39 is 0 Å². The highest BCUT2D eigenvalue weighted by atomic mass is 16.1. The van der Waals surface area contributed by atoms with E-state index in [0.717, 1.165) is 40.2 Å². The molecular formula is C26H23NO. The van der Waals surface area contributed by atoms with E-state index in [-0.39, 0.29) is 5.78 Å². The van der Waals surface area contributed by atoms with Gasteiger partial charge in [0.15, 0.2) is 5.78 Å². The lowest BCUT2D eigenvalue weighted by atomic mass is 9.95. The number of ketones is 1. The Morgan fingerprint density at radius 2 is 1.32 bits per heavy atom. The van der Waals surface area contributed by atoms with E-state index in [4.69, 9.17) is 0 Å². The maximum atomic E-state index is 12.7. The molecule has 0 amide bonds. The molecule has 0 aliphatic carbocycles. The van der Waals surface area contributed by atoms with Crippen LogP contribution in [-0.4, -0.2) is 10.4 Å². The standard InChI is InChI=1S/C26H23NO/c1-19-25(20(2)28)26(22-14-8-4-9-15-22)24(18-21-12-6-3-7-13-21)27(19)23-16-10-5-11-17-23/h3-17H,18H2,1-2H3. The quantitative estimate of drug-likeness (QED) is 0.383. The number of carbonyl (C=O) groups is 1. The Hall–Kier alpha value is -3.39. The molecule has 0 atom stereocenters. The third-order valence-electron chi connectivity index (χ3n) is 5.15. The predicted octanol–water partition coefficient (Wildman–Crippen LogP) is 6.25. The monoisotopic (exact) mass is 365 g/mol. The average Bonchev–Trinajstić information content (AvgIpc) is 3.02. The minimum atomic E-state index is 0.0975. The molecule has 1 heterocycles. The van der Waals surface area contributed by atoms with Gasteiger partial charge in [-0.15, -0.1) is 0 Å². The van der Waals surface area contributed by atoms with E-state index in [1.807, 2.05) is 49.4 Å². The molecular weight excluding hydrogens is 342 g/mol. The summed E-state index contributed by atoms with van der Waals surface area (Å²) < 4.78 is 2.24. The van der Waals surface area contributed by atoms with Crippen LogP contribution in [0.1, 0.15) is 34.2 Å². The van der Waals surface area contributed by atoms with Crippen molar-refractivity contribution in [2.45, 2.75) is 20.3 Å². The number of hydrogen-bond donors (Lipinski definition) is 0. The van der Waals surface area contributed by atoms with Crippen LogP contribution >= 0.6 is 0 Å². The lowest BCUT2D eigenvalue weighted by Crippen LogP contribution is -2.04. The molecule has 0 N–H and O–H groups in total. The first-order chi connectivity index (χ1) is 13.7. The SMILES string of the molecule is CC(=O)c1c(-c2ccccc2)c(Cc2ccccc2)n(-c2ccccc2)c1C. The van der Waals surface area contributed by atoms with Crippen LogP contribution in [0.2, 0.25) is 0 Å². The molecule has 2 heteroatoms. The van der Waals surface area contributed by atoms with E-state index in [2.05, 4.69) is 53.1 Å². The highest BCUT2D eigenvalue weighted by Gasteiger charge is 2.24. The maximum absolute atomic E-state index is 12.7. The first-order valence-electron chi connectivity index (χ1n) is 9.56. The molecule has 4 aromatic rings. The fraction of sp³-hybridized carbons (Fsp3) is 0.115. The molecule has 2 nitrogen and oxygen atoms in total. The highest BCUT2D eigenvalue weighted by Crippen LogP contribution is 2.36. The number of Topliss-reactive ketones (excluding diaryl/α,β-unsaturated/α-hetero) is 1. The first-order valence-corrected chi connectivity index (χ1v) is 9.56. The van der Waals surface area contributed by atoms with Crippen molar-refractivity contribution < 1.29 is 4.79 Å². The number of para-hydroxylation sites is 1. The van der Waals surface area contributed by atoms with Gasteiger partial charge in [0.25, 0.3) is 0 Å². The van der Waals surface area contributed by atoms with Gasteiger partial charge < -0.3 is 4.57 Å². The molecule has 28 heavy (non-hydrogen) atoms. The van der Waals surface area contributed by atoms with Gasteiger partial charge in [0.2, 0.25) is 0 Å². The third-order valence-corrected chi connectivity index (χ3v) is 5.15. The molecule has 0 saturated heterocycles. The van der Waals surface area contributed by atoms with Gasteiger partial charge in [-0.3, -0.25) is 4.79 Å². The Labute approximate surface area is 166 Å². The molecule has 0 bridgehead atoms. The van der Waals surface area contributed by atoms with Gasteiger partial charge in [-0.05, 0) is 37.1 Å². The van der Waals surface area contributed by atoms with Gasteiger partial charge in [-0.25, -0.2) is 0 Å². The molecule has 1 aromatic heterocycles. The van der Waals surface area contributed by atoms with Crippen molar-refractivity contribution in [3.05, 3.63) is 114 Å². The molecule has 3 aromatic carbocycles. The zero-order chi connectivity index (χ0) is 19.5. The largest absolute Gasteiger partial charge is 0.316 e. The molecule has 0 aliphatic heterocycles. The fourth-order valence-electron chi connectivity index (χ4n) is 3.98. The molecule has 0 spiro atoms. The number of benzene rings is 3. The summed E-state index contributed by atoms with van der Waals surface area (Å²) in [4.78, 5) is 12.7. The van der Waals surface area contributed by atoms with Gasteiger partial charge in [-0.2, -0.15) is 0 Å². The summed E-state index contributed by atoms with van der Waals surface area (Å²) in [6.07, 6.45) is 0.758. The summed E-state index contributed by atoms with van der Waals surface area (Å²) in [6.45, 7) is 3.71. The molecule has 138 valence electrons. The zero-order valence-corrected chi connectivity index (χ0v) is 16.2. The second-order valence-electron chi connectivity index (χ2n) is 7.04. The van der Waals surface area contributed by atoms with E-state index in [9.17, 15) is 4.79 Å². The number of nitrogens with zero attached hydrogens (tertiary/aromatic N) is 1. The van der Waals surface area contributed by atoms with Crippen molar-refractivity contribution in [2.24, 2.45) is 0 Å². The Morgan fingerprint density at radius 1 is 0.786 bits per heavy atom. The van der Waals surface area contributed by atoms with E-state index in [0.29, 0.717) is 0 Å². The van der Waals surface area contributed by atoms with Crippen LogP contribution in [0, 0.1) is 6.92 Å². The van der Waals surface area contributed by atoms with Crippen molar-refractivity contribution in [3.8, 4) is 16.8 Å². The van der Waals surface area contributed by atoms with Gasteiger partial charge in [0, 0.05) is 34.6 Å². The van der Waals surface area contributed by atoms with Gasteiger partial charge in [-0.1, -0.05) is 78.9 Å². The summed E-state index contributed by atoms with van der Waals surface area (Å²) in [5, 5.41) is 0. The van der Waals surface area contributed by atoms with E-state index in [1.54, 1.807) is 6.92 Å². The summed E-state index contributed by atoms with van der Waals surface area (Å²) in [5.74, 6) is 0.0975. The van der Waals surface area contributed by atoms with E-state index >= 15 is 0 Å². The van der Waals surface area contributed by atoms with Crippen molar-refractivity contribution in [2.75, 3.05) is 0 Å². The number of rotatable bonds is 5. The second-order valence-corrected chi connectivity index (χ2v) is 7.04. The van der Waals surface area contributed by atoms with E-state index in [1.165, 1.54) is 5.56 Å². The zero-order valence-electron chi connectivity index (χ0n) is 16.2. The highest BCUT2D eigenvalue weighted by molar-refractivity contribution is 6.03. The first kappa shape index (κ1) is 18.0. The average molecular weight is 365 g/mol. The third kappa shape index (κ3) is 3.29. The molecule has 0 saturated carbocycles. The van der Waals surface area contributed by atoms with Gasteiger partial charge >= 0.3 is 0 Å². The van der Waals surface area contributed by atoms with Crippen molar-refractivity contribution in [1.29, 1.82) is 0 Å².